The Morgan fingerprint density at radius 3 is 1.91 bits per heavy atom. The van der Waals surface area contributed by atoms with Crippen LogP contribution in [0.3, 0.4) is 0 Å². The molecule has 0 saturated carbocycles. The van der Waals surface area contributed by atoms with E-state index in [1.54, 1.807) is 24.3 Å². The molecule has 1 aromatic rings. The number of nitrogens with one attached hydrogen (secondary N) is 1. The number of benzene rings is 1. The number of hydrogen-bond donors (Lipinski definition) is 1. The fourth-order valence-corrected chi connectivity index (χ4v) is 2.65. The average molecular weight is 480 g/mol. The molecule has 1 aliphatic heterocycles. The molecule has 12 heteroatoms. The third-order valence-corrected chi connectivity index (χ3v) is 4.38. The number of hydroxylamine groups is 2. The molecular weight excluding hydrogens is 452 g/mol. The molecule has 1 aliphatic rings. The van der Waals surface area contributed by atoms with Crippen molar-refractivity contribution >= 4 is 30.0 Å². The van der Waals surface area contributed by atoms with Gasteiger partial charge in [-0.25, -0.2) is 4.79 Å². The van der Waals surface area contributed by atoms with Crippen molar-refractivity contribution in [3.63, 3.8) is 0 Å². The number of imide groups is 1. The second kappa shape index (κ2) is 15.6. The van der Waals surface area contributed by atoms with Gasteiger partial charge in [0, 0.05) is 30.5 Å². The zero-order chi connectivity index (χ0) is 24.6. The molecule has 0 aliphatic carbocycles. The van der Waals surface area contributed by atoms with Crippen molar-refractivity contribution in [3.05, 3.63) is 35.4 Å². The molecule has 0 aromatic heterocycles. The van der Waals surface area contributed by atoms with Crippen LogP contribution in [0.1, 0.15) is 33.6 Å². The van der Waals surface area contributed by atoms with Crippen LogP contribution in [0.2, 0.25) is 0 Å². The molecule has 0 radical (unpaired) electrons. The van der Waals surface area contributed by atoms with Crippen LogP contribution >= 0.6 is 0 Å². The first-order valence-electron chi connectivity index (χ1n) is 10.7. The summed E-state index contributed by atoms with van der Waals surface area (Å²) in [5.41, 5.74) is 0.974. The van der Waals surface area contributed by atoms with Gasteiger partial charge in [0.05, 0.1) is 46.2 Å². The number of aldehydes is 1. The summed E-state index contributed by atoms with van der Waals surface area (Å²) in [5.74, 6) is -2.16. The number of nitrogens with zero attached hydrogens (tertiary/aromatic N) is 1. The molecular formula is C22H28N2O10. The highest BCUT2D eigenvalue weighted by molar-refractivity contribution is 6.01. The lowest BCUT2D eigenvalue weighted by molar-refractivity contribution is -0.200. The van der Waals surface area contributed by atoms with E-state index in [2.05, 4.69) is 10.2 Å². The topological polar surface area (TPSA) is 147 Å². The Kier molecular flexibility index (Phi) is 12.4. The predicted octanol–water partition coefficient (Wildman–Crippen LogP) is -0.0975. The van der Waals surface area contributed by atoms with E-state index in [0.717, 1.165) is 0 Å². The molecule has 0 bridgehead atoms. The smallest absolute Gasteiger partial charge is 0.358 e. The summed E-state index contributed by atoms with van der Waals surface area (Å²) in [6, 6.07) is 6.32. The van der Waals surface area contributed by atoms with Crippen LogP contribution < -0.4 is 5.32 Å². The molecule has 186 valence electrons. The van der Waals surface area contributed by atoms with E-state index in [1.165, 1.54) is 0 Å². The van der Waals surface area contributed by atoms with Gasteiger partial charge in [-0.3, -0.25) is 19.2 Å². The first-order chi connectivity index (χ1) is 16.5. The standard InChI is InChI=1S/C22H28N2O10/c25-15-17-1-3-18(4-2-17)22(29)23-7-8-30-9-10-31-11-12-32-13-14-33-16-21(28)34-24-19(26)5-6-20(24)27/h1-4,15H,5-14,16H2,(H,23,29). The maximum Gasteiger partial charge on any atom is 0.358 e. The minimum atomic E-state index is -0.834. The fraction of sp³-hybridized carbons (Fsp3) is 0.500. The van der Waals surface area contributed by atoms with Crippen molar-refractivity contribution in [2.75, 3.05) is 59.4 Å². The van der Waals surface area contributed by atoms with Gasteiger partial charge in [-0.15, -0.1) is 5.06 Å². The van der Waals surface area contributed by atoms with Crippen LogP contribution in [-0.2, 0) is 38.2 Å². The van der Waals surface area contributed by atoms with Gasteiger partial charge in [0.15, 0.2) is 0 Å². The van der Waals surface area contributed by atoms with Crippen molar-refractivity contribution in [1.82, 2.24) is 10.4 Å². The van der Waals surface area contributed by atoms with Crippen molar-refractivity contribution in [3.8, 4) is 0 Å². The first kappa shape index (κ1) is 27.1. The van der Waals surface area contributed by atoms with Crippen LogP contribution in [0.15, 0.2) is 24.3 Å². The number of carbonyl (C=O) groups excluding carboxylic acids is 5. The summed E-state index contributed by atoms with van der Waals surface area (Å²) in [5, 5.41) is 3.18. The highest BCUT2D eigenvalue weighted by atomic mass is 16.7. The molecule has 0 unspecified atom stereocenters. The summed E-state index contributed by atoms with van der Waals surface area (Å²) in [6.07, 6.45) is 0.785. The number of rotatable bonds is 17. The highest BCUT2D eigenvalue weighted by Crippen LogP contribution is 2.11. The van der Waals surface area contributed by atoms with E-state index in [-0.39, 0.29) is 32.0 Å². The van der Waals surface area contributed by atoms with Gasteiger partial charge in [-0.05, 0) is 12.1 Å². The molecule has 12 nitrogen and oxygen atoms in total. The van der Waals surface area contributed by atoms with Crippen molar-refractivity contribution in [2.45, 2.75) is 12.8 Å². The lowest BCUT2D eigenvalue weighted by atomic mass is 10.1. The van der Waals surface area contributed by atoms with Gasteiger partial charge in [-0.1, -0.05) is 12.1 Å². The fourth-order valence-electron chi connectivity index (χ4n) is 2.65. The zero-order valence-electron chi connectivity index (χ0n) is 18.7. The van der Waals surface area contributed by atoms with E-state index >= 15 is 0 Å². The SMILES string of the molecule is O=Cc1ccc(C(=O)NCCOCCOCCOCCOCC(=O)ON2C(=O)CCC2=O)cc1. The first-order valence-corrected chi connectivity index (χ1v) is 10.7. The van der Waals surface area contributed by atoms with E-state index in [4.69, 9.17) is 18.9 Å². The van der Waals surface area contributed by atoms with Gasteiger partial charge in [-0.2, -0.15) is 0 Å². The van der Waals surface area contributed by atoms with E-state index < -0.39 is 24.4 Å². The lowest BCUT2D eigenvalue weighted by Gasteiger charge is -2.12. The van der Waals surface area contributed by atoms with E-state index in [9.17, 15) is 24.0 Å². The van der Waals surface area contributed by atoms with Gasteiger partial charge < -0.3 is 29.1 Å². The summed E-state index contributed by atoms with van der Waals surface area (Å²) in [6.45, 7) is 2.02. The monoisotopic (exact) mass is 480 g/mol. The number of hydrogen-bond acceptors (Lipinski definition) is 10. The third-order valence-electron chi connectivity index (χ3n) is 4.38. The minimum Gasteiger partial charge on any atom is -0.377 e. The molecule has 1 heterocycles. The maximum absolute atomic E-state index is 11.9. The summed E-state index contributed by atoms with van der Waals surface area (Å²) in [7, 11) is 0. The summed E-state index contributed by atoms with van der Waals surface area (Å²) < 4.78 is 21.0. The minimum absolute atomic E-state index is 0.0353. The number of ether oxygens (including phenoxy) is 4. The average Bonchev–Trinajstić information content (AvgIpc) is 3.16. The zero-order valence-corrected chi connectivity index (χ0v) is 18.7. The van der Waals surface area contributed by atoms with Gasteiger partial charge in [0.2, 0.25) is 0 Å². The molecule has 3 amide bonds. The molecule has 34 heavy (non-hydrogen) atoms. The molecule has 1 N–H and O–H groups in total. The number of carbonyl (C=O) groups is 5. The second-order valence-electron chi connectivity index (χ2n) is 6.93. The molecule has 0 atom stereocenters. The predicted molar refractivity (Wildman–Crippen MR) is 115 cm³/mol. The summed E-state index contributed by atoms with van der Waals surface area (Å²) >= 11 is 0. The van der Waals surface area contributed by atoms with Gasteiger partial charge in [0.1, 0.15) is 12.9 Å². The van der Waals surface area contributed by atoms with Gasteiger partial charge in [0.25, 0.3) is 17.7 Å². The molecule has 1 saturated heterocycles. The van der Waals surface area contributed by atoms with Crippen molar-refractivity contribution in [1.29, 1.82) is 0 Å². The van der Waals surface area contributed by atoms with E-state index in [1.807, 2.05) is 0 Å². The largest absolute Gasteiger partial charge is 0.377 e. The molecule has 1 fully saturated rings. The Bertz CT molecular complexity index is 811. The molecule has 0 spiro atoms. The van der Waals surface area contributed by atoms with Crippen LogP contribution in [0.4, 0.5) is 0 Å². The van der Waals surface area contributed by atoms with Crippen LogP contribution in [-0.4, -0.2) is 94.4 Å². The van der Waals surface area contributed by atoms with Crippen LogP contribution in [0.25, 0.3) is 0 Å². The van der Waals surface area contributed by atoms with E-state index in [0.29, 0.717) is 62.1 Å². The Morgan fingerprint density at radius 1 is 0.824 bits per heavy atom. The highest BCUT2D eigenvalue weighted by Gasteiger charge is 2.32. The normalized spacial score (nSPS) is 13.2. The number of amides is 3. The maximum atomic E-state index is 11.9. The Morgan fingerprint density at radius 2 is 1.35 bits per heavy atom. The quantitative estimate of drug-likeness (QED) is 0.182. The molecule has 1 aromatic carbocycles. The Hall–Kier alpha value is -3.19. The lowest BCUT2D eigenvalue weighted by Crippen LogP contribution is -2.33. The second-order valence-corrected chi connectivity index (χ2v) is 6.93. The molecule has 2 rings (SSSR count). The summed E-state index contributed by atoms with van der Waals surface area (Å²) in [4.78, 5) is 61.3. The van der Waals surface area contributed by atoms with Crippen molar-refractivity contribution in [2.24, 2.45) is 0 Å². The van der Waals surface area contributed by atoms with Gasteiger partial charge >= 0.3 is 5.97 Å². The van der Waals surface area contributed by atoms with Crippen LogP contribution in [0, 0.1) is 0 Å². The Balaban J connectivity index is 1.34. The van der Waals surface area contributed by atoms with Crippen molar-refractivity contribution < 1.29 is 47.8 Å². The Labute approximate surface area is 196 Å². The van der Waals surface area contributed by atoms with Crippen LogP contribution in [0.5, 0.6) is 0 Å². The third kappa shape index (κ3) is 10.2.